The molecular formula is C15H22N2O2. The maximum atomic E-state index is 5.75. The van der Waals surface area contributed by atoms with Crippen LogP contribution < -0.4 is 20.7 Å². The topological polar surface area (TPSA) is 56.5 Å². The first kappa shape index (κ1) is 12.8. The number of hydrogen-bond acceptors (Lipinski definition) is 4. The van der Waals surface area contributed by atoms with Gasteiger partial charge in [-0.15, -0.1) is 0 Å². The Morgan fingerprint density at radius 2 is 1.95 bits per heavy atom. The van der Waals surface area contributed by atoms with Crippen molar-refractivity contribution in [3.63, 3.8) is 0 Å². The normalized spacial score (nSPS) is 25.5. The summed E-state index contributed by atoms with van der Waals surface area (Å²) in [5.74, 6) is 8.02. The van der Waals surface area contributed by atoms with Gasteiger partial charge < -0.3 is 9.47 Å². The smallest absolute Gasteiger partial charge is 0.161 e. The number of fused-ring (bicyclic) bond motifs is 1. The van der Waals surface area contributed by atoms with Crippen molar-refractivity contribution < 1.29 is 9.47 Å². The summed E-state index contributed by atoms with van der Waals surface area (Å²) >= 11 is 0. The molecule has 3 N–H and O–H groups in total. The van der Waals surface area contributed by atoms with Crippen LogP contribution in [0, 0.1) is 11.3 Å². The number of benzene rings is 1. The Bertz CT molecular complexity index is 473. The minimum Gasteiger partial charge on any atom is -0.490 e. The predicted molar refractivity (Wildman–Crippen MR) is 74.0 cm³/mol. The quantitative estimate of drug-likeness (QED) is 0.649. The molecule has 0 spiro atoms. The lowest BCUT2D eigenvalue weighted by Crippen LogP contribution is -2.30. The maximum Gasteiger partial charge on any atom is 0.161 e. The van der Waals surface area contributed by atoms with Crippen molar-refractivity contribution in [2.45, 2.75) is 32.7 Å². The van der Waals surface area contributed by atoms with E-state index in [1.54, 1.807) is 0 Å². The fourth-order valence-electron chi connectivity index (χ4n) is 2.89. The van der Waals surface area contributed by atoms with E-state index in [2.05, 4.69) is 31.4 Å². The molecule has 1 aromatic rings. The van der Waals surface area contributed by atoms with Crippen molar-refractivity contribution in [2.75, 3.05) is 13.2 Å². The van der Waals surface area contributed by atoms with E-state index in [1.165, 1.54) is 12.0 Å². The molecule has 0 aromatic heterocycles. The summed E-state index contributed by atoms with van der Waals surface area (Å²) in [4.78, 5) is 0. The molecule has 3 rings (SSSR count). The van der Waals surface area contributed by atoms with Gasteiger partial charge in [0.05, 0.1) is 13.2 Å². The Hall–Kier alpha value is -1.26. The molecule has 4 nitrogen and oxygen atoms in total. The Balaban J connectivity index is 1.86. The van der Waals surface area contributed by atoms with Crippen molar-refractivity contribution in [3.8, 4) is 11.5 Å². The largest absolute Gasteiger partial charge is 0.490 e. The molecule has 1 fully saturated rings. The van der Waals surface area contributed by atoms with Crippen LogP contribution in [-0.4, -0.2) is 13.2 Å². The van der Waals surface area contributed by atoms with Gasteiger partial charge in [0.2, 0.25) is 0 Å². The first-order valence-electron chi connectivity index (χ1n) is 6.97. The summed E-state index contributed by atoms with van der Waals surface area (Å²) in [5.41, 5.74) is 4.52. The number of rotatable bonds is 3. The highest BCUT2D eigenvalue weighted by atomic mass is 16.5. The second-order valence-corrected chi connectivity index (χ2v) is 6.20. The zero-order valence-corrected chi connectivity index (χ0v) is 11.6. The van der Waals surface area contributed by atoms with Crippen LogP contribution >= 0.6 is 0 Å². The van der Waals surface area contributed by atoms with Gasteiger partial charge in [-0.25, -0.2) is 0 Å². The fourth-order valence-corrected chi connectivity index (χ4v) is 2.89. The van der Waals surface area contributed by atoms with Gasteiger partial charge in [0.1, 0.15) is 0 Å². The maximum absolute atomic E-state index is 5.75. The van der Waals surface area contributed by atoms with Gasteiger partial charge in [-0.05, 0) is 35.4 Å². The molecular weight excluding hydrogens is 240 g/mol. The van der Waals surface area contributed by atoms with Crippen LogP contribution in [0.4, 0.5) is 0 Å². The molecule has 0 bridgehead atoms. The van der Waals surface area contributed by atoms with E-state index in [0.717, 1.165) is 24.5 Å². The lowest BCUT2D eigenvalue weighted by Gasteiger charge is -2.19. The first-order chi connectivity index (χ1) is 9.12. The molecule has 1 aliphatic heterocycles. The van der Waals surface area contributed by atoms with E-state index in [4.69, 9.17) is 15.3 Å². The van der Waals surface area contributed by atoms with Crippen molar-refractivity contribution in [2.24, 2.45) is 17.2 Å². The molecule has 0 radical (unpaired) electrons. The van der Waals surface area contributed by atoms with Crippen molar-refractivity contribution in [1.82, 2.24) is 5.43 Å². The summed E-state index contributed by atoms with van der Waals surface area (Å²) < 4.78 is 11.4. The van der Waals surface area contributed by atoms with E-state index in [9.17, 15) is 0 Å². The monoisotopic (exact) mass is 262 g/mol. The highest BCUT2D eigenvalue weighted by Crippen LogP contribution is 2.57. The fraction of sp³-hybridized carbons (Fsp3) is 0.600. The number of nitrogens with two attached hydrogens (primary N) is 1. The highest BCUT2D eigenvalue weighted by molar-refractivity contribution is 5.44. The number of hydrazine groups is 1. The average molecular weight is 262 g/mol. The molecule has 2 unspecified atom stereocenters. The molecule has 19 heavy (non-hydrogen) atoms. The molecule has 2 atom stereocenters. The standard InChI is InChI=1S/C15H22N2O2/c1-15(2)9-11(15)14(17-16)10-4-5-12-13(8-10)19-7-3-6-18-12/h4-5,8,11,14,17H,3,6-7,9,16H2,1-2H3. The van der Waals surface area contributed by atoms with Crippen molar-refractivity contribution in [3.05, 3.63) is 23.8 Å². The molecule has 104 valence electrons. The van der Waals surface area contributed by atoms with Gasteiger partial charge in [0.25, 0.3) is 0 Å². The first-order valence-corrected chi connectivity index (χ1v) is 6.97. The molecule has 4 heteroatoms. The molecule has 1 heterocycles. The predicted octanol–water partition coefficient (Wildman–Crippen LogP) is 2.40. The summed E-state index contributed by atoms with van der Waals surface area (Å²) in [6, 6.07) is 6.34. The Labute approximate surface area is 114 Å². The lowest BCUT2D eigenvalue weighted by molar-refractivity contribution is 0.296. The van der Waals surface area contributed by atoms with Crippen LogP contribution in [0.25, 0.3) is 0 Å². The molecule has 1 aliphatic carbocycles. The van der Waals surface area contributed by atoms with Gasteiger partial charge in [-0.2, -0.15) is 0 Å². The third-order valence-corrected chi connectivity index (χ3v) is 4.30. The zero-order valence-electron chi connectivity index (χ0n) is 11.6. The number of hydrogen-bond donors (Lipinski definition) is 2. The number of nitrogens with one attached hydrogen (secondary N) is 1. The summed E-state index contributed by atoms with van der Waals surface area (Å²) in [6.45, 7) is 6.00. The number of ether oxygens (including phenoxy) is 2. The zero-order chi connectivity index (χ0) is 13.5. The second kappa shape index (κ2) is 4.69. The minimum absolute atomic E-state index is 0.187. The molecule has 1 saturated carbocycles. The van der Waals surface area contributed by atoms with E-state index < -0.39 is 0 Å². The molecule has 1 aromatic carbocycles. The molecule has 0 amide bonds. The Kier molecular flexibility index (Phi) is 3.15. The Morgan fingerprint density at radius 1 is 1.26 bits per heavy atom. The van der Waals surface area contributed by atoms with Crippen LogP contribution in [0.5, 0.6) is 11.5 Å². The van der Waals surface area contributed by atoms with Crippen molar-refractivity contribution in [1.29, 1.82) is 0 Å². The summed E-state index contributed by atoms with van der Waals surface area (Å²) in [6.07, 6.45) is 2.13. The van der Waals surface area contributed by atoms with Gasteiger partial charge in [-0.1, -0.05) is 19.9 Å². The highest BCUT2D eigenvalue weighted by Gasteiger charge is 2.50. The van der Waals surface area contributed by atoms with Crippen LogP contribution in [0.2, 0.25) is 0 Å². The SMILES string of the molecule is CC1(C)CC1C(NN)c1ccc2c(c1)OCCCO2. The van der Waals surface area contributed by atoms with E-state index in [1.807, 2.05) is 6.07 Å². The second-order valence-electron chi connectivity index (χ2n) is 6.20. The van der Waals surface area contributed by atoms with E-state index in [0.29, 0.717) is 17.9 Å². The minimum atomic E-state index is 0.187. The van der Waals surface area contributed by atoms with E-state index in [-0.39, 0.29) is 6.04 Å². The molecule has 2 aliphatic rings. The van der Waals surface area contributed by atoms with Crippen LogP contribution in [0.3, 0.4) is 0 Å². The van der Waals surface area contributed by atoms with Gasteiger partial charge in [0.15, 0.2) is 11.5 Å². The average Bonchev–Trinajstić information content (AvgIpc) is 3.07. The van der Waals surface area contributed by atoms with Crippen LogP contribution in [-0.2, 0) is 0 Å². The van der Waals surface area contributed by atoms with Gasteiger partial charge in [0, 0.05) is 12.5 Å². The summed E-state index contributed by atoms with van der Waals surface area (Å²) in [7, 11) is 0. The van der Waals surface area contributed by atoms with Gasteiger partial charge >= 0.3 is 0 Å². The van der Waals surface area contributed by atoms with Gasteiger partial charge in [-0.3, -0.25) is 11.3 Å². The molecule has 0 saturated heterocycles. The van der Waals surface area contributed by atoms with E-state index >= 15 is 0 Å². The van der Waals surface area contributed by atoms with Crippen LogP contribution in [0.15, 0.2) is 18.2 Å². The van der Waals surface area contributed by atoms with Crippen LogP contribution in [0.1, 0.15) is 38.3 Å². The van der Waals surface area contributed by atoms with Crippen molar-refractivity contribution >= 4 is 0 Å². The lowest BCUT2D eigenvalue weighted by atomic mass is 9.97. The Morgan fingerprint density at radius 3 is 2.58 bits per heavy atom. The third-order valence-electron chi connectivity index (χ3n) is 4.30. The summed E-state index contributed by atoms with van der Waals surface area (Å²) in [5, 5.41) is 0. The third kappa shape index (κ3) is 2.42.